The number of unbranched alkanes of at least 4 members (excludes halogenated alkanes) is 4. The number of aliphatic hydroxyl groups is 1. The Morgan fingerprint density at radius 1 is 1.15 bits per heavy atom. The lowest BCUT2D eigenvalue weighted by molar-refractivity contribution is -0.126. The van der Waals surface area contributed by atoms with Gasteiger partial charge in [-0.25, -0.2) is 0 Å². The predicted octanol–water partition coefficient (Wildman–Crippen LogP) is 5.54. The van der Waals surface area contributed by atoms with Gasteiger partial charge in [0.05, 0.1) is 11.8 Å². The van der Waals surface area contributed by atoms with Crippen LogP contribution in [-0.2, 0) is 11.2 Å². The van der Waals surface area contributed by atoms with E-state index < -0.39 is 6.10 Å². The topological polar surface area (TPSA) is 82.4 Å². The van der Waals surface area contributed by atoms with Gasteiger partial charge in [-0.05, 0) is 43.0 Å². The van der Waals surface area contributed by atoms with Gasteiger partial charge in [0.25, 0.3) is 0 Å². The van der Waals surface area contributed by atoms with Gasteiger partial charge in [0.1, 0.15) is 5.78 Å². The summed E-state index contributed by atoms with van der Waals surface area (Å²) in [6, 6.07) is 5.27. The number of aromatic hydroxyl groups is 1. The first-order valence-corrected chi connectivity index (χ1v) is 12.9. The number of phenolic OH excluding ortho intramolecular Hbond substituents is 1. The summed E-state index contributed by atoms with van der Waals surface area (Å²) in [5, 5.41) is 21.0. The molecule has 3 rings (SSSR count). The van der Waals surface area contributed by atoms with Crippen molar-refractivity contribution in [2.24, 2.45) is 10.9 Å². The summed E-state index contributed by atoms with van der Waals surface area (Å²) in [4.78, 5) is 19.4. The van der Waals surface area contributed by atoms with Crippen LogP contribution < -0.4 is 4.74 Å². The summed E-state index contributed by atoms with van der Waals surface area (Å²) >= 11 is 0. The van der Waals surface area contributed by atoms with Crippen LogP contribution >= 0.6 is 0 Å². The Morgan fingerprint density at radius 2 is 1.91 bits per heavy atom. The van der Waals surface area contributed by atoms with E-state index in [1.165, 1.54) is 5.57 Å². The summed E-state index contributed by atoms with van der Waals surface area (Å²) in [6.07, 6.45) is 13.9. The fraction of sp³-hybridized carbons (Fsp3) is 0.571. The van der Waals surface area contributed by atoms with Gasteiger partial charge in [-0.3, -0.25) is 9.79 Å². The number of Topliss-reactive ketones (excluding diaryl/α,β-unsaturated/α-hetero) is 1. The number of fused-ring (bicyclic) bond motifs is 1. The molecular weight excluding hydrogens is 428 g/mol. The van der Waals surface area contributed by atoms with Gasteiger partial charge in [0.2, 0.25) is 0 Å². The van der Waals surface area contributed by atoms with Crippen LogP contribution in [0.1, 0.15) is 77.2 Å². The summed E-state index contributed by atoms with van der Waals surface area (Å²) in [5.74, 6) is 0.357. The highest BCUT2D eigenvalue weighted by Gasteiger charge is 2.26. The number of ether oxygens (including phenoxy) is 1. The van der Waals surface area contributed by atoms with Crippen LogP contribution in [0.2, 0.25) is 0 Å². The molecule has 0 spiro atoms. The number of ketones is 1. The molecule has 6 heteroatoms. The molecule has 0 bridgehead atoms. The summed E-state index contributed by atoms with van der Waals surface area (Å²) < 4.78 is 5.87. The molecule has 0 saturated carbocycles. The largest absolute Gasteiger partial charge is 0.504 e. The van der Waals surface area contributed by atoms with E-state index in [4.69, 9.17) is 4.74 Å². The number of rotatable bonds is 16. The number of aliphatic hydroxyl groups excluding tert-OH is 1. The predicted molar refractivity (Wildman–Crippen MR) is 136 cm³/mol. The van der Waals surface area contributed by atoms with Crippen molar-refractivity contribution in [3.63, 3.8) is 0 Å². The minimum absolute atomic E-state index is 0.0862. The van der Waals surface area contributed by atoms with Gasteiger partial charge in [-0.15, -0.1) is 0 Å². The van der Waals surface area contributed by atoms with Crippen molar-refractivity contribution in [3.05, 3.63) is 47.3 Å². The molecule has 0 saturated heterocycles. The highest BCUT2D eigenvalue weighted by molar-refractivity contribution is 5.82. The Balaban J connectivity index is 1.53. The molecule has 0 aliphatic carbocycles. The highest BCUT2D eigenvalue weighted by Crippen LogP contribution is 2.30. The molecule has 1 aromatic rings. The van der Waals surface area contributed by atoms with Crippen molar-refractivity contribution in [1.29, 1.82) is 0 Å². The van der Waals surface area contributed by atoms with Crippen molar-refractivity contribution < 1.29 is 19.7 Å². The maximum atomic E-state index is 13.1. The quantitative estimate of drug-likeness (QED) is 0.312. The number of benzene rings is 1. The van der Waals surface area contributed by atoms with Gasteiger partial charge < -0.3 is 19.8 Å². The second-order valence-electron chi connectivity index (χ2n) is 9.44. The third-order valence-corrected chi connectivity index (χ3v) is 6.67. The van der Waals surface area contributed by atoms with Crippen LogP contribution in [0.25, 0.3) is 0 Å². The molecule has 1 aromatic carbocycles. The summed E-state index contributed by atoms with van der Waals surface area (Å²) in [6.45, 7) is 5.35. The molecular formula is C28H40N2O4. The standard InChI is InChI=1S/C28H40N2O4/c1-3-5-7-9-23(25(31)10-8-6-4-2)26(32)13-11-21-12-14-27(33)28(17-21)34-20-30-18-22-15-16-29-24(22)19-30/h12,14-17,19,23,25,31,33H,3-11,13,18,20H2,1-2H3/t23-,25-/m1/s1. The van der Waals surface area contributed by atoms with Crippen molar-refractivity contribution in [1.82, 2.24) is 4.90 Å². The van der Waals surface area contributed by atoms with Gasteiger partial charge in [0.15, 0.2) is 18.2 Å². The van der Waals surface area contributed by atoms with Crippen LogP contribution in [0.15, 0.2) is 46.7 Å². The Kier molecular flexibility index (Phi) is 10.2. The van der Waals surface area contributed by atoms with Gasteiger partial charge in [0, 0.05) is 36.9 Å². The van der Waals surface area contributed by atoms with E-state index in [1.807, 2.05) is 29.3 Å². The van der Waals surface area contributed by atoms with Crippen LogP contribution in [0, 0.1) is 5.92 Å². The van der Waals surface area contributed by atoms with Crippen molar-refractivity contribution in [2.75, 3.05) is 13.3 Å². The van der Waals surface area contributed by atoms with E-state index in [-0.39, 0.29) is 17.5 Å². The van der Waals surface area contributed by atoms with Crippen molar-refractivity contribution in [3.8, 4) is 11.5 Å². The fourth-order valence-corrected chi connectivity index (χ4v) is 4.57. The molecule has 0 fully saturated rings. The zero-order chi connectivity index (χ0) is 24.3. The molecule has 2 aliphatic heterocycles. The summed E-state index contributed by atoms with van der Waals surface area (Å²) in [7, 11) is 0. The van der Waals surface area contributed by atoms with Crippen LogP contribution in [0.5, 0.6) is 11.5 Å². The van der Waals surface area contributed by atoms with E-state index in [0.29, 0.717) is 31.7 Å². The molecule has 0 radical (unpaired) electrons. The van der Waals surface area contributed by atoms with E-state index in [2.05, 4.69) is 18.8 Å². The molecule has 2 heterocycles. The zero-order valence-corrected chi connectivity index (χ0v) is 20.7. The average Bonchev–Trinajstić information content (AvgIpc) is 3.42. The fourth-order valence-electron chi connectivity index (χ4n) is 4.57. The molecule has 0 aromatic heterocycles. The van der Waals surface area contributed by atoms with Crippen LogP contribution in [0.4, 0.5) is 0 Å². The third kappa shape index (κ3) is 7.45. The Bertz CT molecular complexity index is 906. The maximum absolute atomic E-state index is 13.1. The third-order valence-electron chi connectivity index (χ3n) is 6.67. The number of nitrogens with zero attached hydrogens (tertiary/aromatic N) is 2. The highest BCUT2D eigenvalue weighted by atomic mass is 16.5. The SMILES string of the molecule is CCCCC[C@@H](O)[C@@H](CCCCC)C(=O)CCc1ccc(O)c(OCN2C=C3N=CC=C3C2)c1. The van der Waals surface area contributed by atoms with Crippen LogP contribution in [-0.4, -0.2) is 46.5 Å². The van der Waals surface area contributed by atoms with E-state index >= 15 is 0 Å². The van der Waals surface area contributed by atoms with Gasteiger partial charge in [-0.2, -0.15) is 0 Å². The molecule has 2 atom stereocenters. The minimum atomic E-state index is -0.553. The minimum Gasteiger partial charge on any atom is -0.504 e. The number of aliphatic imine (C=N–C) groups is 1. The Labute approximate surface area is 204 Å². The summed E-state index contributed by atoms with van der Waals surface area (Å²) in [5.41, 5.74) is 3.08. The Hall–Kier alpha value is -2.60. The van der Waals surface area contributed by atoms with Crippen molar-refractivity contribution in [2.45, 2.75) is 84.2 Å². The Morgan fingerprint density at radius 3 is 2.65 bits per heavy atom. The molecule has 0 amide bonds. The second kappa shape index (κ2) is 13.3. The molecule has 186 valence electrons. The lowest BCUT2D eigenvalue weighted by Gasteiger charge is -2.22. The van der Waals surface area contributed by atoms with E-state index in [1.54, 1.807) is 12.3 Å². The number of hydrogen-bond donors (Lipinski definition) is 2. The molecule has 0 unspecified atom stereocenters. The molecule has 2 N–H and O–H groups in total. The second-order valence-corrected chi connectivity index (χ2v) is 9.44. The van der Waals surface area contributed by atoms with E-state index in [9.17, 15) is 15.0 Å². The number of allylic oxidation sites excluding steroid dienone is 1. The van der Waals surface area contributed by atoms with Gasteiger partial charge >= 0.3 is 0 Å². The normalized spacial score (nSPS) is 16.3. The molecule has 2 aliphatic rings. The molecule has 6 nitrogen and oxygen atoms in total. The lowest BCUT2D eigenvalue weighted by atomic mass is 9.86. The first kappa shape index (κ1) is 26.0. The number of phenols is 1. The molecule has 34 heavy (non-hydrogen) atoms. The van der Waals surface area contributed by atoms with Crippen LogP contribution in [0.3, 0.4) is 0 Å². The first-order chi connectivity index (χ1) is 16.5. The number of aryl methyl sites for hydroxylation is 1. The van der Waals surface area contributed by atoms with Gasteiger partial charge in [-0.1, -0.05) is 58.4 Å². The van der Waals surface area contributed by atoms with Crippen molar-refractivity contribution >= 4 is 12.0 Å². The lowest BCUT2D eigenvalue weighted by Crippen LogP contribution is -2.28. The number of carbonyl (C=O) groups is 1. The van der Waals surface area contributed by atoms with E-state index in [0.717, 1.165) is 62.8 Å². The average molecular weight is 469 g/mol. The smallest absolute Gasteiger partial charge is 0.163 e. The zero-order valence-electron chi connectivity index (χ0n) is 20.7. The monoisotopic (exact) mass is 468 g/mol. The number of hydrogen-bond acceptors (Lipinski definition) is 6. The maximum Gasteiger partial charge on any atom is 0.163 e. The first-order valence-electron chi connectivity index (χ1n) is 12.9. The number of carbonyl (C=O) groups excluding carboxylic acids is 1.